The Morgan fingerprint density at radius 3 is 2.50 bits per heavy atom. The van der Waals surface area contributed by atoms with Crippen LogP contribution in [0.4, 0.5) is 11.6 Å². The first kappa shape index (κ1) is 16.3. The molecule has 0 spiro atoms. The highest BCUT2D eigenvalue weighted by molar-refractivity contribution is 6.33. The molecule has 2 heterocycles. The van der Waals surface area contributed by atoms with Crippen LogP contribution in [0, 0.1) is 0 Å². The Bertz CT molecular complexity index is 733. The van der Waals surface area contributed by atoms with Crippen LogP contribution in [-0.2, 0) is 0 Å². The van der Waals surface area contributed by atoms with Crippen LogP contribution < -0.4 is 15.4 Å². The molecule has 1 saturated heterocycles. The van der Waals surface area contributed by atoms with E-state index in [-0.39, 0.29) is 5.91 Å². The largest absolute Gasteiger partial charge is 0.496 e. The number of ether oxygens (including phenoxy) is 1. The molecule has 1 aliphatic heterocycles. The maximum Gasteiger partial charge on any atom is 0.257 e. The van der Waals surface area contributed by atoms with Crippen LogP contribution in [-0.4, -0.2) is 54.1 Å². The predicted molar refractivity (Wildman–Crippen MR) is 92.6 cm³/mol. The second-order valence-corrected chi connectivity index (χ2v) is 5.81. The van der Waals surface area contributed by atoms with E-state index in [9.17, 15) is 4.79 Å². The molecule has 2 aromatic rings. The lowest BCUT2D eigenvalue weighted by molar-refractivity contribution is 0.0743. The summed E-state index contributed by atoms with van der Waals surface area (Å²) in [6.45, 7) is 2.48. The van der Waals surface area contributed by atoms with Gasteiger partial charge in [0.2, 0.25) is 5.95 Å². The second-order valence-electron chi connectivity index (χ2n) is 5.40. The Balaban J connectivity index is 1.73. The molecule has 0 saturated carbocycles. The highest BCUT2D eigenvalue weighted by atomic mass is 35.5. The van der Waals surface area contributed by atoms with Crippen molar-refractivity contribution in [3.8, 4) is 5.75 Å². The average Bonchev–Trinajstić information content (AvgIpc) is 2.64. The lowest BCUT2D eigenvalue weighted by atomic mass is 10.1. The van der Waals surface area contributed by atoms with Crippen LogP contribution in [0.15, 0.2) is 30.6 Å². The van der Waals surface area contributed by atoms with E-state index >= 15 is 0 Å². The Labute approximate surface area is 145 Å². The predicted octanol–water partition coefficient (Wildman–Crippen LogP) is 1.68. The third-order valence-corrected chi connectivity index (χ3v) is 4.28. The van der Waals surface area contributed by atoms with E-state index in [0.717, 1.165) is 0 Å². The first-order valence-corrected chi connectivity index (χ1v) is 7.92. The monoisotopic (exact) mass is 347 g/mol. The average molecular weight is 348 g/mol. The van der Waals surface area contributed by atoms with Gasteiger partial charge >= 0.3 is 0 Å². The van der Waals surface area contributed by atoms with Gasteiger partial charge in [-0.25, -0.2) is 9.97 Å². The molecule has 0 atom stereocenters. The zero-order valence-electron chi connectivity index (χ0n) is 13.3. The van der Waals surface area contributed by atoms with Crippen LogP contribution in [0.25, 0.3) is 0 Å². The quantitative estimate of drug-likeness (QED) is 0.850. The number of carbonyl (C=O) groups excluding carboxylic acids is 1. The summed E-state index contributed by atoms with van der Waals surface area (Å²) in [6, 6.07) is 4.91. The molecule has 24 heavy (non-hydrogen) atoms. The summed E-state index contributed by atoms with van der Waals surface area (Å²) in [5.41, 5.74) is 6.57. The van der Waals surface area contributed by atoms with Crippen molar-refractivity contribution in [1.29, 1.82) is 0 Å². The lowest BCUT2D eigenvalue weighted by Gasteiger charge is -2.34. The van der Waals surface area contributed by atoms with Gasteiger partial charge in [-0.05, 0) is 12.1 Å². The summed E-state index contributed by atoms with van der Waals surface area (Å²) in [6.07, 6.45) is 3.42. The zero-order chi connectivity index (χ0) is 17.1. The van der Waals surface area contributed by atoms with Gasteiger partial charge in [0.1, 0.15) is 5.75 Å². The lowest BCUT2D eigenvalue weighted by Crippen LogP contribution is -2.49. The molecule has 7 nitrogen and oxygen atoms in total. The number of anilines is 2. The number of piperazine rings is 1. The molecule has 1 aliphatic rings. The highest BCUT2D eigenvalue weighted by Crippen LogP contribution is 2.30. The number of benzene rings is 1. The molecule has 1 amide bonds. The minimum atomic E-state index is -0.123. The van der Waals surface area contributed by atoms with E-state index in [0.29, 0.717) is 54.2 Å². The first-order chi connectivity index (χ1) is 11.6. The first-order valence-electron chi connectivity index (χ1n) is 7.54. The molecule has 8 heteroatoms. The minimum Gasteiger partial charge on any atom is -0.496 e. The summed E-state index contributed by atoms with van der Waals surface area (Å²) in [4.78, 5) is 25.1. The SMILES string of the molecule is COc1cc(N)c(Cl)cc1C(=O)N1CCN(c2ncccn2)CC1. The Kier molecular flexibility index (Phi) is 4.71. The van der Waals surface area contributed by atoms with E-state index in [1.807, 2.05) is 0 Å². The Morgan fingerprint density at radius 1 is 1.21 bits per heavy atom. The van der Waals surface area contributed by atoms with Gasteiger partial charge in [0.25, 0.3) is 5.91 Å². The fourth-order valence-electron chi connectivity index (χ4n) is 2.64. The maximum atomic E-state index is 12.8. The summed E-state index contributed by atoms with van der Waals surface area (Å²) in [5, 5.41) is 0.343. The van der Waals surface area contributed by atoms with Crippen LogP contribution in [0.2, 0.25) is 5.02 Å². The van der Waals surface area contributed by atoms with Gasteiger partial charge in [0.15, 0.2) is 0 Å². The van der Waals surface area contributed by atoms with Crippen LogP contribution >= 0.6 is 11.6 Å². The van der Waals surface area contributed by atoms with Crippen molar-refractivity contribution in [2.45, 2.75) is 0 Å². The van der Waals surface area contributed by atoms with Gasteiger partial charge in [0, 0.05) is 44.6 Å². The van der Waals surface area contributed by atoms with Crippen LogP contribution in [0.1, 0.15) is 10.4 Å². The number of methoxy groups -OCH3 is 1. The second kappa shape index (κ2) is 6.92. The van der Waals surface area contributed by atoms with E-state index < -0.39 is 0 Å². The van der Waals surface area contributed by atoms with E-state index in [1.165, 1.54) is 7.11 Å². The molecule has 3 rings (SSSR count). The van der Waals surface area contributed by atoms with E-state index in [1.54, 1.807) is 35.5 Å². The Morgan fingerprint density at radius 2 is 1.88 bits per heavy atom. The molecule has 1 fully saturated rings. The third-order valence-electron chi connectivity index (χ3n) is 3.95. The number of halogens is 1. The molecule has 2 N–H and O–H groups in total. The highest BCUT2D eigenvalue weighted by Gasteiger charge is 2.26. The van der Waals surface area contributed by atoms with E-state index in [4.69, 9.17) is 22.1 Å². The fourth-order valence-corrected chi connectivity index (χ4v) is 2.80. The number of hydrogen-bond donors (Lipinski definition) is 1. The minimum absolute atomic E-state index is 0.123. The van der Waals surface area contributed by atoms with Crippen molar-refractivity contribution in [2.75, 3.05) is 43.9 Å². The van der Waals surface area contributed by atoms with Crippen molar-refractivity contribution in [3.05, 3.63) is 41.2 Å². The number of nitrogens with two attached hydrogens (primary N) is 1. The number of rotatable bonds is 3. The number of hydrogen-bond acceptors (Lipinski definition) is 6. The molecule has 1 aromatic carbocycles. The Hall–Kier alpha value is -2.54. The smallest absolute Gasteiger partial charge is 0.257 e. The van der Waals surface area contributed by atoms with Gasteiger partial charge in [0.05, 0.1) is 23.4 Å². The maximum absolute atomic E-state index is 12.8. The van der Waals surface area contributed by atoms with Crippen LogP contribution in [0.5, 0.6) is 5.75 Å². The molecule has 0 aliphatic carbocycles. The van der Waals surface area contributed by atoms with Crippen molar-refractivity contribution in [1.82, 2.24) is 14.9 Å². The number of amides is 1. The fraction of sp³-hybridized carbons (Fsp3) is 0.312. The van der Waals surface area contributed by atoms with Gasteiger partial charge in [-0.1, -0.05) is 11.6 Å². The van der Waals surface area contributed by atoms with Crippen molar-refractivity contribution < 1.29 is 9.53 Å². The summed E-state index contributed by atoms with van der Waals surface area (Å²) in [5.74, 6) is 0.982. The van der Waals surface area contributed by atoms with Crippen molar-refractivity contribution in [3.63, 3.8) is 0 Å². The summed E-state index contributed by atoms with van der Waals surface area (Å²) < 4.78 is 5.27. The van der Waals surface area contributed by atoms with Gasteiger partial charge < -0.3 is 20.3 Å². The molecule has 0 radical (unpaired) electrons. The van der Waals surface area contributed by atoms with Crippen molar-refractivity contribution >= 4 is 29.1 Å². The summed E-state index contributed by atoms with van der Waals surface area (Å²) >= 11 is 6.05. The molecular formula is C16H18ClN5O2. The summed E-state index contributed by atoms with van der Waals surface area (Å²) in [7, 11) is 1.50. The molecule has 0 bridgehead atoms. The molecule has 0 unspecified atom stereocenters. The number of nitrogen functional groups attached to an aromatic ring is 1. The number of nitrogens with zero attached hydrogens (tertiary/aromatic N) is 4. The number of aromatic nitrogens is 2. The van der Waals surface area contributed by atoms with E-state index in [2.05, 4.69) is 14.9 Å². The normalized spacial score (nSPS) is 14.6. The molecular weight excluding hydrogens is 330 g/mol. The molecule has 1 aromatic heterocycles. The zero-order valence-corrected chi connectivity index (χ0v) is 14.0. The molecule has 126 valence electrons. The number of carbonyl (C=O) groups is 1. The topological polar surface area (TPSA) is 84.6 Å². The van der Waals surface area contributed by atoms with Gasteiger partial charge in [-0.2, -0.15) is 0 Å². The van der Waals surface area contributed by atoms with Crippen molar-refractivity contribution in [2.24, 2.45) is 0 Å². The van der Waals surface area contributed by atoms with Gasteiger partial charge in [-0.3, -0.25) is 4.79 Å². The standard InChI is InChI=1S/C16H18ClN5O2/c1-24-14-10-13(18)12(17)9-11(14)15(23)21-5-7-22(8-6-21)16-19-3-2-4-20-16/h2-4,9-10H,5-8,18H2,1H3. The third kappa shape index (κ3) is 3.21. The van der Waals surface area contributed by atoms with Crippen LogP contribution in [0.3, 0.4) is 0 Å². The van der Waals surface area contributed by atoms with Gasteiger partial charge in [-0.15, -0.1) is 0 Å².